The number of rotatable bonds is 8. The van der Waals surface area contributed by atoms with E-state index in [0.717, 1.165) is 41.9 Å². The Balaban J connectivity index is 1.64. The van der Waals surface area contributed by atoms with E-state index >= 15 is 0 Å². The predicted molar refractivity (Wildman–Crippen MR) is 113 cm³/mol. The van der Waals surface area contributed by atoms with E-state index in [1.54, 1.807) is 12.1 Å². The van der Waals surface area contributed by atoms with Crippen LogP contribution in [0, 0.1) is 6.92 Å². The molecule has 0 radical (unpaired) electrons. The molecule has 1 heterocycles. The van der Waals surface area contributed by atoms with E-state index in [-0.39, 0.29) is 5.75 Å². The fourth-order valence-corrected chi connectivity index (χ4v) is 3.29. The number of carbonyl (C=O) groups excluding carboxylic acids is 1. The Labute approximate surface area is 170 Å². The number of anilines is 1. The van der Waals surface area contributed by atoms with Gasteiger partial charge in [0.15, 0.2) is 0 Å². The van der Waals surface area contributed by atoms with Crippen molar-refractivity contribution in [2.75, 3.05) is 11.9 Å². The lowest BCUT2D eigenvalue weighted by atomic mass is 10.1. The molecular weight excluding hydrogens is 368 g/mol. The van der Waals surface area contributed by atoms with Gasteiger partial charge in [0.25, 0.3) is 0 Å². The van der Waals surface area contributed by atoms with Gasteiger partial charge in [0, 0.05) is 17.8 Å². The topological polar surface area (TPSA) is 102 Å². The number of nitrogens with zero attached hydrogens (tertiary/aromatic N) is 2. The van der Waals surface area contributed by atoms with Crippen molar-refractivity contribution in [3.8, 4) is 22.8 Å². The summed E-state index contributed by atoms with van der Waals surface area (Å²) >= 11 is 0. The minimum atomic E-state index is -0.614. The summed E-state index contributed by atoms with van der Waals surface area (Å²) in [5.74, 6) is 0.847. The number of carbonyl (C=O) groups is 1. The number of aryl methyl sites for hydroxylation is 2. The first-order valence-corrected chi connectivity index (χ1v) is 9.62. The van der Waals surface area contributed by atoms with Crippen molar-refractivity contribution < 1.29 is 14.6 Å². The molecule has 1 aromatic heterocycles. The van der Waals surface area contributed by atoms with Crippen LogP contribution in [-0.2, 0) is 13.0 Å². The second-order valence-corrected chi connectivity index (χ2v) is 6.77. The molecule has 2 amide bonds. The van der Waals surface area contributed by atoms with Crippen molar-refractivity contribution in [2.45, 2.75) is 33.2 Å². The van der Waals surface area contributed by atoms with Crippen LogP contribution in [-0.4, -0.2) is 27.3 Å². The lowest BCUT2D eigenvalue weighted by Gasteiger charge is -2.14. The number of hydrogen-bond donors (Lipinski definition) is 3. The second-order valence-electron chi connectivity index (χ2n) is 6.77. The highest BCUT2D eigenvalue weighted by Crippen LogP contribution is 2.28. The third-order valence-corrected chi connectivity index (χ3v) is 4.71. The Morgan fingerprint density at radius 1 is 1.24 bits per heavy atom. The quantitative estimate of drug-likeness (QED) is 0.501. The molecule has 0 fully saturated rings. The van der Waals surface area contributed by atoms with E-state index in [9.17, 15) is 9.90 Å². The van der Waals surface area contributed by atoms with Crippen LogP contribution >= 0.6 is 0 Å². The van der Waals surface area contributed by atoms with Crippen LogP contribution in [0.4, 0.5) is 10.5 Å². The molecule has 152 valence electrons. The van der Waals surface area contributed by atoms with Gasteiger partial charge in [0.1, 0.15) is 11.5 Å². The standard InChI is InChI=1S/C22H26N4O3/c1-3-18-21(16-8-10-17(27)11-9-16)24-14-26(18)12-5-13-29-19-7-4-6-15(2)20(19)25-22(23)28/h4,6-11,14,27H,3,5,12-13H2,1-2H3,(H3,23,25,28). The Morgan fingerprint density at radius 3 is 2.69 bits per heavy atom. The molecule has 0 aliphatic heterocycles. The summed E-state index contributed by atoms with van der Waals surface area (Å²) in [7, 11) is 0. The first kappa shape index (κ1) is 20.3. The number of para-hydroxylation sites is 1. The fourth-order valence-electron chi connectivity index (χ4n) is 3.29. The van der Waals surface area contributed by atoms with E-state index in [1.165, 1.54) is 0 Å². The van der Waals surface area contributed by atoms with Crippen molar-refractivity contribution in [3.05, 3.63) is 60.0 Å². The molecule has 7 nitrogen and oxygen atoms in total. The highest BCUT2D eigenvalue weighted by molar-refractivity contribution is 5.90. The number of phenolic OH excluding ortho intramolecular Hbond substituents is 1. The van der Waals surface area contributed by atoms with E-state index in [1.807, 2.05) is 43.6 Å². The van der Waals surface area contributed by atoms with Gasteiger partial charge in [-0.1, -0.05) is 19.1 Å². The molecule has 3 aromatic rings. The number of urea groups is 1. The average Bonchev–Trinajstić information content (AvgIpc) is 3.10. The van der Waals surface area contributed by atoms with Gasteiger partial charge < -0.3 is 25.5 Å². The van der Waals surface area contributed by atoms with Gasteiger partial charge in [-0.2, -0.15) is 0 Å². The Bertz CT molecular complexity index is 980. The number of aromatic hydroxyl groups is 1. The van der Waals surface area contributed by atoms with Crippen molar-refractivity contribution in [2.24, 2.45) is 5.73 Å². The third-order valence-electron chi connectivity index (χ3n) is 4.71. The zero-order chi connectivity index (χ0) is 20.8. The molecule has 0 saturated carbocycles. The number of benzene rings is 2. The number of amides is 2. The molecule has 29 heavy (non-hydrogen) atoms. The third kappa shape index (κ3) is 4.87. The first-order valence-electron chi connectivity index (χ1n) is 9.62. The van der Waals surface area contributed by atoms with Crippen LogP contribution < -0.4 is 15.8 Å². The Kier molecular flexibility index (Phi) is 6.39. The molecule has 0 aliphatic carbocycles. The predicted octanol–water partition coefficient (Wildman–Crippen LogP) is 4.09. The van der Waals surface area contributed by atoms with Gasteiger partial charge >= 0.3 is 6.03 Å². The molecule has 0 atom stereocenters. The van der Waals surface area contributed by atoms with E-state index < -0.39 is 6.03 Å². The lowest BCUT2D eigenvalue weighted by Crippen LogP contribution is -2.20. The zero-order valence-corrected chi connectivity index (χ0v) is 16.7. The molecular formula is C22H26N4O3. The summed E-state index contributed by atoms with van der Waals surface area (Å²) in [5.41, 5.74) is 9.80. The van der Waals surface area contributed by atoms with Crippen molar-refractivity contribution >= 4 is 11.7 Å². The van der Waals surface area contributed by atoms with Crippen LogP contribution in [0.25, 0.3) is 11.3 Å². The minimum absolute atomic E-state index is 0.240. The molecule has 4 N–H and O–H groups in total. The number of imidazole rings is 1. The van der Waals surface area contributed by atoms with Gasteiger partial charge in [-0.25, -0.2) is 9.78 Å². The molecule has 2 aromatic carbocycles. The van der Waals surface area contributed by atoms with Gasteiger partial charge in [-0.15, -0.1) is 0 Å². The number of nitrogens with two attached hydrogens (primary N) is 1. The van der Waals surface area contributed by atoms with Crippen LogP contribution in [0.15, 0.2) is 48.8 Å². The fraction of sp³-hybridized carbons (Fsp3) is 0.273. The van der Waals surface area contributed by atoms with Crippen LogP contribution in [0.3, 0.4) is 0 Å². The SMILES string of the molecule is CCc1c(-c2ccc(O)cc2)ncn1CCCOc1cccc(C)c1NC(N)=O. The second kappa shape index (κ2) is 9.14. The Hall–Kier alpha value is -3.48. The molecule has 3 rings (SSSR count). The van der Waals surface area contributed by atoms with Crippen molar-refractivity contribution in [3.63, 3.8) is 0 Å². The first-order chi connectivity index (χ1) is 14.0. The summed E-state index contributed by atoms with van der Waals surface area (Å²) in [5, 5.41) is 12.1. The van der Waals surface area contributed by atoms with Gasteiger partial charge in [0.2, 0.25) is 0 Å². The Morgan fingerprint density at radius 2 is 2.00 bits per heavy atom. The van der Waals surface area contributed by atoms with Crippen LogP contribution in [0.2, 0.25) is 0 Å². The van der Waals surface area contributed by atoms with Gasteiger partial charge in [-0.05, 0) is 55.7 Å². The molecule has 0 saturated heterocycles. The number of ether oxygens (including phenoxy) is 1. The highest BCUT2D eigenvalue weighted by atomic mass is 16.5. The van der Waals surface area contributed by atoms with Crippen molar-refractivity contribution in [1.29, 1.82) is 0 Å². The maximum atomic E-state index is 11.2. The highest BCUT2D eigenvalue weighted by Gasteiger charge is 2.12. The van der Waals surface area contributed by atoms with Crippen LogP contribution in [0.1, 0.15) is 24.6 Å². The molecule has 0 aliphatic rings. The van der Waals surface area contributed by atoms with E-state index in [0.29, 0.717) is 18.0 Å². The normalized spacial score (nSPS) is 10.7. The summed E-state index contributed by atoms with van der Waals surface area (Å²) in [6, 6.07) is 12.0. The molecule has 0 unspecified atom stereocenters. The average molecular weight is 394 g/mol. The monoisotopic (exact) mass is 394 g/mol. The summed E-state index contributed by atoms with van der Waals surface area (Å²) in [4.78, 5) is 15.8. The number of primary amides is 1. The number of nitrogens with one attached hydrogen (secondary N) is 1. The summed E-state index contributed by atoms with van der Waals surface area (Å²) in [6.07, 6.45) is 3.47. The van der Waals surface area contributed by atoms with Gasteiger partial charge in [0.05, 0.1) is 24.3 Å². The summed E-state index contributed by atoms with van der Waals surface area (Å²) < 4.78 is 8.02. The minimum Gasteiger partial charge on any atom is -0.508 e. The lowest BCUT2D eigenvalue weighted by molar-refractivity contribution is 0.259. The largest absolute Gasteiger partial charge is 0.508 e. The van der Waals surface area contributed by atoms with Crippen LogP contribution in [0.5, 0.6) is 11.5 Å². The van der Waals surface area contributed by atoms with Gasteiger partial charge in [-0.3, -0.25) is 0 Å². The molecule has 0 spiro atoms. The van der Waals surface area contributed by atoms with Crippen molar-refractivity contribution in [1.82, 2.24) is 9.55 Å². The smallest absolute Gasteiger partial charge is 0.316 e. The van der Waals surface area contributed by atoms with E-state index in [2.05, 4.69) is 21.8 Å². The van der Waals surface area contributed by atoms with E-state index in [4.69, 9.17) is 10.5 Å². The maximum Gasteiger partial charge on any atom is 0.316 e. The number of aromatic nitrogens is 2. The number of hydrogen-bond acceptors (Lipinski definition) is 4. The zero-order valence-electron chi connectivity index (χ0n) is 16.7. The summed E-state index contributed by atoms with van der Waals surface area (Å²) in [6.45, 7) is 5.25. The molecule has 7 heteroatoms. The number of phenols is 1. The molecule has 0 bridgehead atoms. The maximum absolute atomic E-state index is 11.2.